The Bertz CT molecular complexity index is 1120. The second kappa shape index (κ2) is 6.56. The molecule has 5 rings (SSSR count). The molecule has 3 heterocycles. The van der Waals surface area contributed by atoms with Crippen LogP contribution in [0.15, 0.2) is 57.7 Å². The van der Waals surface area contributed by atoms with Crippen LogP contribution in [0.1, 0.15) is 40.6 Å². The molecule has 1 fully saturated rings. The van der Waals surface area contributed by atoms with Gasteiger partial charge in [-0.05, 0) is 42.7 Å². The summed E-state index contributed by atoms with van der Waals surface area (Å²) in [4.78, 5) is 28.1. The van der Waals surface area contributed by atoms with Crippen LogP contribution in [0.4, 0.5) is 4.39 Å². The Morgan fingerprint density at radius 3 is 2.61 bits per heavy atom. The van der Waals surface area contributed by atoms with Gasteiger partial charge >= 0.3 is 0 Å². The van der Waals surface area contributed by atoms with Crippen molar-refractivity contribution in [3.63, 3.8) is 0 Å². The van der Waals surface area contributed by atoms with E-state index < -0.39 is 6.04 Å². The molecule has 0 radical (unpaired) electrons. The quantitative estimate of drug-likeness (QED) is 0.697. The van der Waals surface area contributed by atoms with Crippen molar-refractivity contribution < 1.29 is 18.3 Å². The van der Waals surface area contributed by atoms with Crippen molar-refractivity contribution in [1.82, 2.24) is 4.90 Å². The Morgan fingerprint density at radius 2 is 1.86 bits per heavy atom. The third-order valence-electron chi connectivity index (χ3n) is 5.48. The van der Waals surface area contributed by atoms with Gasteiger partial charge in [-0.2, -0.15) is 0 Å². The number of fused-ring (bicyclic) bond motifs is 2. The monoisotopic (exact) mass is 379 g/mol. The molecule has 28 heavy (non-hydrogen) atoms. The smallest absolute Gasteiger partial charge is 0.291 e. The van der Waals surface area contributed by atoms with Gasteiger partial charge in [-0.25, -0.2) is 4.39 Å². The third kappa shape index (κ3) is 2.64. The third-order valence-corrected chi connectivity index (χ3v) is 5.48. The number of amides is 1. The molecule has 3 aromatic rings. The van der Waals surface area contributed by atoms with Crippen molar-refractivity contribution in [3.8, 4) is 0 Å². The van der Waals surface area contributed by atoms with E-state index in [1.165, 1.54) is 12.1 Å². The number of benzene rings is 2. The van der Waals surface area contributed by atoms with E-state index in [2.05, 4.69) is 0 Å². The van der Waals surface area contributed by atoms with Crippen LogP contribution >= 0.6 is 0 Å². The first-order valence-corrected chi connectivity index (χ1v) is 9.37. The molecule has 2 aliphatic heterocycles. The minimum Gasteiger partial charge on any atom is -0.450 e. The summed E-state index contributed by atoms with van der Waals surface area (Å²) in [6, 6.07) is 12.2. The predicted molar refractivity (Wildman–Crippen MR) is 101 cm³/mol. The molecule has 2 aliphatic rings. The fraction of sp³-hybridized carbons (Fsp3) is 0.273. The van der Waals surface area contributed by atoms with Crippen molar-refractivity contribution in [3.05, 3.63) is 81.5 Å². The summed E-state index contributed by atoms with van der Waals surface area (Å²) in [6.07, 6.45) is 1.73. The van der Waals surface area contributed by atoms with Gasteiger partial charge in [0, 0.05) is 13.2 Å². The summed E-state index contributed by atoms with van der Waals surface area (Å²) in [5, 5.41) is 0.431. The van der Waals surface area contributed by atoms with Crippen LogP contribution in [-0.2, 0) is 4.74 Å². The molecule has 2 aromatic carbocycles. The molecule has 0 spiro atoms. The predicted octanol–water partition coefficient (Wildman–Crippen LogP) is 3.66. The average molecular weight is 379 g/mol. The van der Waals surface area contributed by atoms with Crippen molar-refractivity contribution in [2.75, 3.05) is 13.2 Å². The lowest BCUT2D eigenvalue weighted by atomic mass is 9.98. The molecule has 0 aliphatic carbocycles. The van der Waals surface area contributed by atoms with E-state index in [-0.39, 0.29) is 29.0 Å². The highest BCUT2D eigenvalue weighted by atomic mass is 19.1. The van der Waals surface area contributed by atoms with Gasteiger partial charge in [-0.3, -0.25) is 9.59 Å². The van der Waals surface area contributed by atoms with E-state index in [4.69, 9.17) is 9.15 Å². The van der Waals surface area contributed by atoms with Crippen LogP contribution in [0.3, 0.4) is 0 Å². The summed E-state index contributed by atoms with van der Waals surface area (Å²) in [7, 11) is 0. The van der Waals surface area contributed by atoms with Crippen LogP contribution in [-0.4, -0.2) is 30.1 Å². The van der Waals surface area contributed by atoms with Crippen LogP contribution in [0.2, 0.25) is 0 Å². The number of nitrogens with zero attached hydrogens (tertiary/aromatic N) is 1. The standard InChI is InChI=1S/C22H18FNO4/c23-14-9-7-13(8-10-14)19-18-20(25)16-5-1-2-6-17(16)28-21(18)22(26)24(19)12-15-4-3-11-27-15/h1-2,5-10,15,19H,3-4,11-12H2. The van der Waals surface area contributed by atoms with Crippen LogP contribution < -0.4 is 5.43 Å². The number of hydrogen-bond acceptors (Lipinski definition) is 4. The molecule has 5 nitrogen and oxygen atoms in total. The molecule has 6 heteroatoms. The van der Waals surface area contributed by atoms with E-state index in [1.54, 1.807) is 41.3 Å². The Morgan fingerprint density at radius 1 is 1.07 bits per heavy atom. The maximum atomic E-state index is 13.5. The number of para-hydroxylation sites is 1. The van der Waals surface area contributed by atoms with Crippen molar-refractivity contribution in [1.29, 1.82) is 0 Å². The fourth-order valence-corrected chi connectivity index (χ4v) is 4.15. The van der Waals surface area contributed by atoms with Gasteiger partial charge in [-0.1, -0.05) is 24.3 Å². The number of ether oxygens (including phenoxy) is 1. The summed E-state index contributed by atoms with van der Waals surface area (Å²) >= 11 is 0. The summed E-state index contributed by atoms with van der Waals surface area (Å²) in [6.45, 7) is 1.03. The molecule has 1 amide bonds. The maximum absolute atomic E-state index is 13.5. The summed E-state index contributed by atoms with van der Waals surface area (Å²) in [5.41, 5.74) is 1.15. The fourth-order valence-electron chi connectivity index (χ4n) is 4.15. The van der Waals surface area contributed by atoms with Crippen molar-refractivity contribution >= 4 is 16.9 Å². The molecule has 2 atom stereocenters. The SMILES string of the molecule is O=C1c2oc3ccccc3c(=O)c2C(c2ccc(F)cc2)N1CC1CCCO1. The first-order valence-electron chi connectivity index (χ1n) is 9.37. The number of carbonyl (C=O) groups is 1. The highest BCUT2D eigenvalue weighted by Gasteiger charge is 2.43. The Hall–Kier alpha value is -2.99. The van der Waals surface area contributed by atoms with E-state index in [9.17, 15) is 14.0 Å². The summed E-state index contributed by atoms with van der Waals surface area (Å²) < 4.78 is 25.0. The zero-order chi connectivity index (χ0) is 19.3. The maximum Gasteiger partial charge on any atom is 0.291 e. The molecule has 142 valence electrons. The summed E-state index contributed by atoms with van der Waals surface area (Å²) in [5.74, 6) is -0.636. The average Bonchev–Trinajstić information content (AvgIpc) is 3.31. The molecule has 0 N–H and O–H groups in total. The van der Waals surface area contributed by atoms with Gasteiger partial charge in [0.15, 0.2) is 5.43 Å². The van der Waals surface area contributed by atoms with Crippen LogP contribution in [0.25, 0.3) is 11.0 Å². The van der Waals surface area contributed by atoms with E-state index in [0.717, 1.165) is 12.8 Å². The Balaban J connectivity index is 1.70. The first-order chi connectivity index (χ1) is 13.6. The van der Waals surface area contributed by atoms with Crippen molar-refractivity contribution in [2.24, 2.45) is 0 Å². The molecular weight excluding hydrogens is 361 g/mol. The molecule has 1 aromatic heterocycles. The largest absolute Gasteiger partial charge is 0.450 e. The minimum absolute atomic E-state index is 0.0658. The van der Waals surface area contributed by atoms with Gasteiger partial charge in [0.25, 0.3) is 5.91 Å². The second-order valence-corrected chi connectivity index (χ2v) is 7.22. The Kier molecular flexibility index (Phi) is 4.02. The van der Waals surface area contributed by atoms with E-state index in [1.807, 2.05) is 0 Å². The number of hydrogen-bond donors (Lipinski definition) is 0. The van der Waals surface area contributed by atoms with Gasteiger partial charge in [0.2, 0.25) is 5.76 Å². The van der Waals surface area contributed by atoms with E-state index in [0.29, 0.717) is 35.2 Å². The topological polar surface area (TPSA) is 59.8 Å². The Labute approximate surface area is 160 Å². The van der Waals surface area contributed by atoms with Crippen LogP contribution in [0.5, 0.6) is 0 Å². The normalized spacial score (nSPS) is 21.5. The highest BCUT2D eigenvalue weighted by Crippen LogP contribution is 2.38. The second-order valence-electron chi connectivity index (χ2n) is 7.22. The molecule has 0 bridgehead atoms. The van der Waals surface area contributed by atoms with Gasteiger partial charge in [0.05, 0.1) is 23.1 Å². The lowest BCUT2D eigenvalue weighted by molar-refractivity contribution is 0.0486. The molecular formula is C22H18FNO4. The number of carbonyl (C=O) groups excluding carboxylic acids is 1. The molecule has 1 saturated heterocycles. The lowest BCUT2D eigenvalue weighted by Gasteiger charge is -2.27. The lowest BCUT2D eigenvalue weighted by Crippen LogP contribution is -2.36. The molecule has 2 unspecified atom stereocenters. The van der Waals surface area contributed by atoms with Crippen LogP contribution in [0, 0.1) is 5.82 Å². The highest BCUT2D eigenvalue weighted by molar-refractivity contribution is 5.99. The minimum atomic E-state index is -0.617. The zero-order valence-corrected chi connectivity index (χ0v) is 15.1. The molecule has 0 saturated carbocycles. The van der Waals surface area contributed by atoms with Gasteiger partial charge < -0.3 is 14.1 Å². The number of rotatable bonds is 3. The first kappa shape index (κ1) is 17.1. The zero-order valence-electron chi connectivity index (χ0n) is 15.1. The van der Waals surface area contributed by atoms with Crippen molar-refractivity contribution in [2.45, 2.75) is 25.0 Å². The number of halogens is 1. The van der Waals surface area contributed by atoms with Gasteiger partial charge in [0.1, 0.15) is 11.4 Å². The van der Waals surface area contributed by atoms with E-state index >= 15 is 0 Å². The van der Waals surface area contributed by atoms with Gasteiger partial charge in [-0.15, -0.1) is 0 Å².